The Morgan fingerprint density at radius 2 is 1.85 bits per heavy atom. The van der Waals surface area contributed by atoms with E-state index in [1.165, 1.54) is 31.2 Å². The van der Waals surface area contributed by atoms with Gasteiger partial charge in [-0.05, 0) is 37.1 Å². The van der Waals surface area contributed by atoms with Crippen molar-refractivity contribution in [3.05, 3.63) is 63.7 Å². The molecule has 1 N–H and O–H groups in total. The van der Waals surface area contributed by atoms with Gasteiger partial charge in [0.25, 0.3) is 5.69 Å². The molecule has 0 aromatic heterocycles. The number of nitrogens with one attached hydrogen (secondary N) is 1. The monoisotopic (exact) mass is 386 g/mol. The van der Waals surface area contributed by atoms with Crippen molar-refractivity contribution in [1.29, 1.82) is 0 Å². The zero-order valence-corrected chi connectivity index (χ0v) is 14.5. The van der Waals surface area contributed by atoms with E-state index >= 15 is 0 Å². The molecule has 140 valence electrons. The molecule has 2 aromatic rings. The van der Waals surface area contributed by atoms with E-state index in [1.807, 2.05) is 0 Å². The van der Waals surface area contributed by atoms with E-state index in [9.17, 15) is 27.3 Å². The summed E-state index contributed by atoms with van der Waals surface area (Å²) in [6.07, 6.45) is 0.308. The van der Waals surface area contributed by atoms with Gasteiger partial charge in [-0.3, -0.25) is 10.1 Å². The van der Waals surface area contributed by atoms with Gasteiger partial charge in [0.05, 0.1) is 9.82 Å². The van der Waals surface area contributed by atoms with E-state index in [0.717, 1.165) is 6.07 Å². The quantitative estimate of drug-likeness (QED) is 0.555. The Labute approximate surface area is 148 Å². The molecular weight excluding hydrogens is 370 g/mol. The molecule has 0 radical (unpaired) electrons. The minimum absolute atomic E-state index is 0.0105. The second-order valence-corrected chi connectivity index (χ2v) is 7.14. The Morgan fingerprint density at radius 1 is 1.19 bits per heavy atom. The summed E-state index contributed by atoms with van der Waals surface area (Å²) in [5.41, 5.74) is 0.798. The van der Waals surface area contributed by atoms with E-state index in [2.05, 4.69) is 9.46 Å². The van der Waals surface area contributed by atoms with Crippen LogP contribution in [0.15, 0.2) is 47.4 Å². The molecule has 7 nitrogen and oxygen atoms in total. The average Bonchev–Trinajstić information content (AvgIpc) is 2.55. The highest BCUT2D eigenvalue weighted by atomic mass is 32.2. The standard InChI is InChI=1S/C16H16F2N2O5S/c1-11-2-7-14(10-15(11)20(21)22)26(23,24)19-9-8-12-3-5-13(6-4-12)25-16(17)18/h2-7,10,16,19H,8-9H2,1H3. The highest BCUT2D eigenvalue weighted by Gasteiger charge is 2.19. The van der Waals surface area contributed by atoms with Crippen LogP contribution < -0.4 is 9.46 Å². The largest absolute Gasteiger partial charge is 0.435 e. The maximum absolute atomic E-state index is 12.2. The summed E-state index contributed by atoms with van der Waals surface area (Å²) in [6, 6.07) is 9.48. The molecule has 2 aromatic carbocycles. The molecule has 0 saturated heterocycles. The third kappa shape index (κ3) is 5.20. The van der Waals surface area contributed by atoms with Crippen LogP contribution in [-0.4, -0.2) is 26.5 Å². The van der Waals surface area contributed by atoms with E-state index in [4.69, 9.17) is 0 Å². The number of sulfonamides is 1. The zero-order chi connectivity index (χ0) is 19.3. The molecule has 0 atom stereocenters. The highest BCUT2D eigenvalue weighted by molar-refractivity contribution is 7.89. The van der Waals surface area contributed by atoms with Gasteiger partial charge in [0.2, 0.25) is 10.0 Å². The molecule has 26 heavy (non-hydrogen) atoms. The summed E-state index contributed by atoms with van der Waals surface area (Å²) in [5.74, 6) is 0.0105. The zero-order valence-electron chi connectivity index (χ0n) is 13.7. The molecule has 0 saturated carbocycles. The molecule has 0 bridgehead atoms. The second-order valence-electron chi connectivity index (χ2n) is 5.38. The van der Waals surface area contributed by atoms with E-state index < -0.39 is 21.6 Å². The average molecular weight is 386 g/mol. The highest BCUT2D eigenvalue weighted by Crippen LogP contribution is 2.22. The van der Waals surface area contributed by atoms with Gasteiger partial charge in [-0.25, -0.2) is 13.1 Å². The number of halogens is 2. The lowest BCUT2D eigenvalue weighted by Crippen LogP contribution is -2.26. The lowest BCUT2D eigenvalue weighted by atomic mass is 10.1. The molecule has 0 aliphatic rings. The van der Waals surface area contributed by atoms with Crippen LogP contribution >= 0.6 is 0 Å². The normalized spacial score (nSPS) is 11.5. The van der Waals surface area contributed by atoms with Crippen LogP contribution in [0.3, 0.4) is 0 Å². The van der Waals surface area contributed by atoms with Crippen LogP contribution in [0.1, 0.15) is 11.1 Å². The molecule has 2 rings (SSSR count). The summed E-state index contributed by atoms with van der Waals surface area (Å²) < 4.78 is 55.2. The SMILES string of the molecule is Cc1ccc(S(=O)(=O)NCCc2ccc(OC(F)F)cc2)cc1[N+](=O)[O-]. The number of nitrogens with zero attached hydrogens (tertiary/aromatic N) is 1. The predicted octanol–water partition coefficient (Wildman–Crippen LogP) is 3.03. The van der Waals surface area contributed by atoms with Gasteiger partial charge in [-0.2, -0.15) is 8.78 Å². The van der Waals surface area contributed by atoms with Crippen molar-refractivity contribution >= 4 is 15.7 Å². The Morgan fingerprint density at radius 3 is 2.42 bits per heavy atom. The van der Waals surface area contributed by atoms with Crippen molar-refractivity contribution in [3.8, 4) is 5.75 Å². The molecule has 0 aliphatic carbocycles. The Bertz CT molecular complexity index is 886. The van der Waals surface area contributed by atoms with Crippen LogP contribution in [0.4, 0.5) is 14.5 Å². The van der Waals surface area contributed by atoms with Gasteiger partial charge in [-0.1, -0.05) is 18.2 Å². The third-order valence-corrected chi connectivity index (χ3v) is 5.00. The van der Waals surface area contributed by atoms with Crippen LogP contribution in [0.25, 0.3) is 0 Å². The number of aryl methyl sites for hydroxylation is 1. The van der Waals surface area contributed by atoms with E-state index in [-0.39, 0.29) is 22.9 Å². The van der Waals surface area contributed by atoms with Crippen LogP contribution in [0.2, 0.25) is 0 Å². The van der Waals surface area contributed by atoms with Crippen molar-refractivity contribution < 1.29 is 26.9 Å². The van der Waals surface area contributed by atoms with Crippen LogP contribution in [-0.2, 0) is 16.4 Å². The van der Waals surface area contributed by atoms with Crippen LogP contribution in [0, 0.1) is 17.0 Å². The van der Waals surface area contributed by atoms with E-state index in [0.29, 0.717) is 17.5 Å². The Kier molecular flexibility index (Phi) is 6.22. The van der Waals surface area contributed by atoms with Crippen molar-refractivity contribution in [2.75, 3.05) is 6.54 Å². The maximum Gasteiger partial charge on any atom is 0.387 e. The summed E-state index contributed by atoms with van der Waals surface area (Å²) in [6.45, 7) is -1.35. The molecule has 0 heterocycles. The Balaban J connectivity index is 2.00. The predicted molar refractivity (Wildman–Crippen MR) is 89.8 cm³/mol. The number of alkyl halides is 2. The fraction of sp³-hybridized carbons (Fsp3) is 0.250. The third-order valence-electron chi connectivity index (χ3n) is 3.54. The first-order valence-corrected chi connectivity index (χ1v) is 8.96. The van der Waals surface area contributed by atoms with Gasteiger partial charge in [-0.15, -0.1) is 0 Å². The Hall–Kier alpha value is -2.59. The van der Waals surface area contributed by atoms with Crippen molar-refractivity contribution in [1.82, 2.24) is 4.72 Å². The van der Waals surface area contributed by atoms with Crippen LogP contribution in [0.5, 0.6) is 5.75 Å². The lowest BCUT2D eigenvalue weighted by molar-refractivity contribution is -0.385. The second kappa shape index (κ2) is 8.19. The summed E-state index contributed by atoms with van der Waals surface area (Å²) in [7, 11) is -3.91. The van der Waals surface area contributed by atoms with Gasteiger partial charge in [0, 0.05) is 18.2 Å². The minimum Gasteiger partial charge on any atom is -0.435 e. The minimum atomic E-state index is -3.91. The number of ether oxygens (including phenoxy) is 1. The number of hydrogen-bond acceptors (Lipinski definition) is 5. The number of hydrogen-bond donors (Lipinski definition) is 1. The molecular formula is C16H16F2N2O5S. The summed E-state index contributed by atoms with van der Waals surface area (Å²) in [5, 5.41) is 10.9. The topological polar surface area (TPSA) is 98.5 Å². The first-order chi connectivity index (χ1) is 12.2. The fourth-order valence-corrected chi connectivity index (χ4v) is 3.26. The van der Waals surface area contributed by atoms with Gasteiger partial charge >= 0.3 is 6.61 Å². The molecule has 0 spiro atoms. The molecule has 0 fully saturated rings. The van der Waals surface area contributed by atoms with Gasteiger partial charge in [0.15, 0.2) is 0 Å². The van der Waals surface area contributed by atoms with Gasteiger partial charge in [0.1, 0.15) is 5.75 Å². The number of rotatable bonds is 8. The van der Waals surface area contributed by atoms with Crippen molar-refractivity contribution in [2.45, 2.75) is 24.9 Å². The number of nitro groups is 1. The van der Waals surface area contributed by atoms with Crippen molar-refractivity contribution in [2.24, 2.45) is 0 Å². The first kappa shape index (κ1) is 19.7. The summed E-state index contributed by atoms with van der Waals surface area (Å²) in [4.78, 5) is 10.1. The molecule has 10 heteroatoms. The first-order valence-electron chi connectivity index (χ1n) is 7.47. The fourth-order valence-electron chi connectivity index (χ4n) is 2.20. The van der Waals surface area contributed by atoms with Crippen molar-refractivity contribution in [3.63, 3.8) is 0 Å². The molecule has 0 unspecified atom stereocenters. The summed E-state index contributed by atoms with van der Waals surface area (Å²) >= 11 is 0. The number of nitro benzene ring substituents is 1. The number of benzene rings is 2. The van der Waals surface area contributed by atoms with E-state index in [1.54, 1.807) is 12.1 Å². The smallest absolute Gasteiger partial charge is 0.387 e. The molecule has 0 aliphatic heterocycles. The lowest BCUT2D eigenvalue weighted by Gasteiger charge is -2.08. The van der Waals surface area contributed by atoms with Gasteiger partial charge < -0.3 is 4.74 Å². The maximum atomic E-state index is 12.2. The molecule has 0 amide bonds.